The molecule has 3 aromatic heterocycles. The fraction of sp³-hybridized carbons (Fsp3) is 0.225. The van der Waals surface area contributed by atoms with Crippen LogP contribution >= 0.6 is 0 Å². The van der Waals surface area contributed by atoms with Crippen molar-refractivity contribution in [2.75, 3.05) is 35.5 Å². The van der Waals surface area contributed by atoms with E-state index in [2.05, 4.69) is 17.6 Å². The van der Waals surface area contributed by atoms with Gasteiger partial charge in [-0.2, -0.15) is 13.7 Å². The third-order valence-electron chi connectivity index (χ3n) is 18.1. The second-order valence-corrected chi connectivity index (χ2v) is 25.7. The number of ether oxygens (including phenoxy) is 5. The van der Waals surface area contributed by atoms with E-state index in [1.54, 1.807) is 30.9 Å². The number of nitrogens with zero attached hydrogens (tertiary/aromatic N) is 6. The summed E-state index contributed by atoms with van der Waals surface area (Å²) in [6.07, 6.45) is 30.9. The molecular formula is C80H72N6O21. The fourth-order valence-electron chi connectivity index (χ4n) is 13.9. The Morgan fingerprint density at radius 2 is 0.972 bits per heavy atom. The molecule has 0 bridgehead atoms. The number of esters is 5. The molecule has 12 rings (SSSR count). The van der Waals surface area contributed by atoms with E-state index in [0.29, 0.717) is 72.4 Å². The van der Waals surface area contributed by atoms with Gasteiger partial charge in [-0.25, -0.2) is 33.6 Å². The average Bonchev–Trinajstić information content (AvgIpc) is 1.62. The lowest BCUT2D eigenvalue weighted by Crippen LogP contribution is -2.44. The van der Waals surface area contributed by atoms with Crippen LogP contribution in [0.5, 0.6) is 0 Å². The molecule has 0 fully saturated rings. The molecule has 0 saturated carbocycles. The number of aliphatic carboxylic acids is 5. The van der Waals surface area contributed by atoms with Gasteiger partial charge >= 0.3 is 47.8 Å². The summed E-state index contributed by atoms with van der Waals surface area (Å²) in [4.78, 5) is 124. The molecule has 548 valence electrons. The normalized spacial score (nSPS) is 15.4. The molecule has 3 aromatic rings. The van der Waals surface area contributed by atoms with E-state index in [9.17, 15) is 78.6 Å². The van der Waals surface area contributed by atoms with Crippen LogP contribution < -0.4 is 29.0 Å². The van der Waals surface area contributed by atoms with Crippen LogP contribution in [0.25, 0.3) is 67.8 Å². The Labute approximate surface area is 612 Å². The number of aromatic nitrogens is 5. The largest absolute Gasteiger partial charge is 0.875 e. The van der Waals surface area contributed by atoms with Gasteiger partial charge in [-0.05, 0) is 144 Å². The molecule has 9 aliphatic rings. The van der Waals surface area contributed by atoms with Gasteiger partial charge in [0.1, 0.15) is 22.7 Å². The molecule has 0 amide bonds. The van der Waals surface area contributed by atoms with Gasteiger partial charge in [0.2, 0.25) is 13.1 Å². The molecule has 0 spiro atoms. The minimum Gasteiger partial charge on any atom is -0.875 e. The summed E-state index contributed by atoms with van der Waals surface area (Å²) in [7, 11) is 6.29. The number of carboxylic acids is 5. The molecule has 3 aliphatic heterocycles. The van der Waals surface area contributed by atoms with Crippen molar-refractivity contribution in [3.05, 3.63) is 229 Å². The van der Waals surface area contributed by atoms with Crippen LogP contribution in [0.2, 0.25) is 0 Å². The number of pyridine rings is 5. The Hall–Kier alpha value is -13.5. The highest BCUT2D eigenvalue weighted by molar-refractivity contribution is 6.45. The van der Waals surface area contributed by atoms with E-state index >= 15 is 0 Å². The van der Waals surface area contributed by atoms with Gasteiger partial charge in [0, 0.05) is 70.3 Å². The third kappa shape index (κ3) is 16.0. The number of carbonyl (C=O) groups is 10. The van der Waals surface area contributed by atoms with Crippen molar-refractivity contribution in [2.45, 2.75) is 86.7 Å². The summed E-state index contributed by atoms with van der Waals surface area (Å²) in [6, 6.07) is 5.18. The first kappa shape index (κ1) is 76.2. The number of hydrogen-bond acceptors (Lipinski definition) is 19. The topological polar surface area (TPSA) is 381 Å². The number of hydrogen-bond donors (Lipinski definition) is 3. The fourth-order valence-corrected chi connectivity index (χ4v) is 13.9. The predicted octanol–water partition coefficient (Wildman–Crippen LogP) is 5.41. The monoisotopic (exact) mass is 1450 g/mol. The predicted molar refractivity (Wildman–Crippen MR) is 380 cm³/mol. The molecular weight excluding hydrogens is 1380 g/mol. The van der Waals surface area contributed by atoms with E-state index in [-0.39, 0.29) is 54.2 Å². The van der Waals surface area contributed by atoms with Crippen LogP contribution in [0.1, 0.15) is 131 Å². The number of dihydropyridines is 1. The second-order valence-electron chi connectivity index (χ2n) is 25.7. The van der Waals surface area contributed by atoms with Crippen molar-refractivity contribution in [1.82, 2.24) is 9.13 Å². The molecule has 3 N–H and O–H groups in total. The van der Waals surface area contributed by atoms with Crippen LogP contribution in [0.3, 0.4) is 0 Å². The zero-order valence-corrected chi connectivity index (χ0v) is 60.0. The van der Waals surface area contributed by atoms with Crippen LogP contribution in [-0.2, 0) is 85.2 Å². The molecule has 1 unspecified atom stereocenters. The van der Waals surface area contributed by atoms with Crippen molar-refractivity contribution in [3.63, 3.8) is 0 Å². The lowest BCUT2D eigenvalue weighted by atomic mass is 9.91. The SMILES string of the molecule is C=C([O-])Cn1ccc2c(C=C3C=C(C)c4c[n+](CC(=O)O)cc(C(=O)OC)c43)cc(C)c-2c1.COC(=O)C1=NC(CC(=O)O)C=C2C(C)=CC(/C=C3\C=C(C)c4c(C(=O)OC)c[n+](CC(=O)[O-])cc43)=C21.COC(=O)c1c[n+](CC(=O)O)cc2c1C(C)=CC2=Cc1cc(C)c2c(C(=O)OC)cn(CC(=O)[O-])cc1-2. The Morgan fingerprint density at radius 1 is 0.486 bits per heavy atom. The second kappa shape index (κ2) is 31.2. The van der Waals surface area contributed by atoms with E-state index < -0.39 is 78.8 Å². The highest BCUT2D eigenvalue weighted by Gasteiger charge is 2.37. The lowest BCUT2D eigenvalue weighted by molar-refractivity contribution is -0.691. The third-order valence-corrected chi connectivity index (χ3v) is 18.1. The molecule has 6 aliphatic carbocycles. The number of aryl methyl sites for hydroxylation is 2. The molecule has 27 nitrogen and oxygen atoms in total. The van der Waals surface area contributed by atoms with E-state index in [4.69, 9.17) is 23.7 Å². The molecule has 0 saturated heterocycles. The van der Waals surface area contributed by atoms with E-state index in [1.165, 1.54) is 78.6 Å². The van der Waals surface area contributed by atoms with Gasteiger partial charge in [-0.1, -0.05) is 42.5 Å². The number of carboxylic acid groups (broad SMARTS) is 5. The number of carbonyl (C=O) groups excluding carboxylic acids is 7. The lowest BCUT2D eigenvalue weighted by Gasteiger charge is -2.20. The standard InChI is InChI=1S/2C27H24N2O8.C26H24N2O5/c1-14-5-16(18-8-28(12-22(30)31)10-20(24(14)18)26(34)36-3)7-17-6-15(2)25-19(17)9-29(13-23(32)33)11-21(25)27(35)37-4;1-13-5-16(24-18(13)8-17(9-21(30)31)28-25(24)27(35)37-4)7-15-6-14(2)23-19(15)10-29(12-22(32)33)11-20(23)26(34)36-3;1-15-7-18(20-5-6-27(10-17(3)29)11-21(15)20)9-19-8-16(2)22-12-28(14-24(30)31)13-23(25(19)22)26(32)33-4/h5-11H,12-13H2,1-4H3,(H-,30,31,32,33);5-8,10-11,17H,9,12H2,1-4H3,(H-,30,31,32,33);5-9,11-13H,3,10,14H2,1-2,4H3,(H-,29,30,31)/b;15-7+;. The van der Waals surface area contributed by atoms with Crippen LogP contribution in [0.15, 0.2) is 156 Å². The van der Waals surface area contributed by atoms with Gasteiger partial charge < -0.3 is 73.0 Å². The Balaban J connectivity index is 0.000000172. The zero-order chi connectivity index (χ0) is 77.9. The molecule has 27 heteroatoms. The number of methoxy groups -OCH3 is 5. The van der Waals surface area contributed by atoms with Crippen LogP contribution in [0, 0.1) is 13.8 Å². The number of fused-ring (bicyclic) bond motifs is 6. The Morgan fingerprint density at radius 3 is 1.50 bits per heavy atom. The quantitative estimate of drug-likeness (QED) is 0.0371. The molecule has 6 heterocycles. The summed E-state index contributed by atoms with van der Waals surface area (Å²) in [5, 5.41) is 61.7. The highest BCUT2D eigenvalue weighted by Crippen LogP contribution is 2.45. The van der Waals surface area contributed by atoms with Gasteiger partial charge in [-0.15, -0.1) is 12.3 Å². The molecule has 0 radical (unpaired) electrons. The van der Waals surface area contributed by atoms with Gasteiger partial charge in [0.15, 0.2) is 49.4 Å². The van der Waals surface area contributed by atoms with Crippen molar-refractivity contribution >= 4 is 111 Å². The minimum absolute atomic E-state index is 0.0282. The molecule has 1 atom stereocenters. The highest BCUT2D eigenvalue weighted by atomic mass is 16.5. The Bertz CT molecular complexity index is 5340. The number of allylic oxidation sites excluding steroid dienone is 15. The molecule has 0 aromatic carbocycles. The first-order valence-electron chi connectivity index (χ1n) is 33.0. The van der Waals surface area contributed by atoms with Gasteiger partial charge in [0.25, 0.3) is 0 Å². The first-order valence-corrected chi connectivity index (χ1v) is 33.0. The minimum atomic E-state index is -1.32. The van der Waals surface area contributed by atoms with Crippen molar-refractivity contribution in [1.29, 1.82) is 0 Å². The van der Waals surface area contributed by atoms with Gasteiger partial charge in [0.05, 0.1) is 82.8 Å². The summed E-state index contributed by atoms with van der Waals surface area (Å²) < 4.78 is 32.1. The van der Waals surface area contributed by atoms with E-state index in [1.807, 2.05) is 113 Å². The first-order chi connectivity index (χ1) is 50.7. The van der Waals surface area contributed by atoms with Gasteiger partial charge in [-0.3, -0.25) is 9.79 Å². The van der Waals surface area contributed by atoms with Crippen molar-refractivity contribution in [3.8, 4) is 22.3 Å². The summed E-state index contributed by atoms with van der Waals surface area (Å²) in [6.45, 7) is 13.4. The maximum atomic E-state index is 12.6. The zero-order valence-electron chi connectivity index (χ0n) is 60.0. The van der Waals surface area contributed by atoms with Crippen molar-refractivity contribution in [2.24, 2.45) is 4.99 Å². The maximum Gasteiger partial charge on any atom is 0.370 e. The summed E-state index contributed by atoms with van der Waals surface area (Å²) in [5.74, 6) is -8.93. The Kier molecular flexibility index (Phi) is 22.2. The average molecular weight is 1450 g/mol. The van der Waals surface area contributed by atoms with Crippen molar-refractivity contribution < 1.29 is 116 Å². The maximum absolute atomic E-state index is 12.6. The summed E-state index contributed by atoms with van der Waals surface area (Å²) >= 11 is 0. The smallest absolute Gasteiger partial charge is 0.370 e. The van der Waals surface area contributed by atoms with E-state index in [0.717, 1.165) is 66.8 Å². The number of aliphatic imine (C=N–C) groups is 1. The number of rotatable bonds is 20. The molecule has 107 heavy (non-hydrogen) atoms. The van der Waals surface area contributed by atoms with Crippen LogP contribution in [0.4, 0.5) is 0 Å². The summed E-state index contributed by atoms with van der Waals surface area (Å²) in [5.41, 5.74) is 19.3. The van der Waals surface area contributed by atoms with Crippen LogP contribution in [-0.4, -0.2) is 131 Å².